The van der Waals surface area contributed by atoms with E-state index in [4.69, 9.17) is 4.42 Å². The number of imidazole rings is 1. The van der Waals surface area contributed by atoms with Crippen LogP contribution in [0.5, 0.6) is 0 Å². The van der Waals surface area contributed by atoms with Gasteiger partial charge in [0.25, 0.3) is 5.91 Å². The van der Waals surface area contributed by atoms with Crippen LogP contribution in [0.25, 0.3) is 0 Å². The summed E-state index contributed by atoms with van der Waals surface area (Å²) in [5.74, 6) is 1.51. The molecule has 1 aliphatic rings. The molecule has 1 unspecified atom stereocenters. The first-order chi connectivity index (χ1) is 12.9. The molecule has 0 spiro atoms. The van der Waals surface area contributed by atoms with Gasteiger partial charge in [-0.3, -0.25) is 4.79 Å². The lowest BCUT2D eigenvalue weighted by Crippen LogP contribution is -2.41. The smallest absolute Gasteiger partial charge is 0.289 e. The van der Waals surface area contributed by atoms with Gasteiger partial charge in [-0.2, -0.15) is 0 Å². The lowest BCUT2D eigenvalue weighted by Gasteiger charge is -2.27. The molecule has 27 heavy (non-hydrogen) atoms. The highest BCUT2D eigenvalue weighted by molar-refractivity contribution is 7.98. The molecule has 148 valence electrons. The molecule has 2 aromatic heterocycles. The number of carbonyl (C=O) groups excluding carboxylic acids is 1. The third-order valence-electron chi connectivity index (χ3n) is 4.66. The van der Waals surface area contributed by atoms with E-state index in [0.717, 1.165) is 18.0 Å². The van der Waals surface area contributed by atoms with Gasteiger partial charge >= 0.3 is 0 Å². The number of thioether (sulfide) groups is 1. The molecule has 0 radical (unpaired) electrons. The zero-order chi connectivity index (χ0) is 19.4. The summed E-state index contributed by atoms with van der Waals surface area (Å²) in [6.45, 7) is 2.60. The summed E-state index contributed by atoms with van der Waals surface area (Å²) >= 11 is 1.53. The Morgan fingerprint density at radius 3 is 2.89 bits per heavy atom. The summed E-state index contributed by atoms with van der Waals surface area (Å²) < 4.78 is 31.4. The molecule has 1 fully saturated rings. The fourth-order valence-electron chi connectivity index (χ4n) is 3.14. The third kappa shape index (κ3) is 4.95. The summed E-state index contributed by atoms with van der Waals surface area (Å²) in [5.41, 5.74) is 0. The molecule has 0 N–H and O–H groups in total. The first kappa shape index (κ1) is 20.0. The SMILES string of the molecule is CCCCN(C(=O)c1ccc(CSc2nccn2C)o1)C1CCS(=O)(=O)C1. The average Bonchev–Trinajstić information content (AvgIpc) is 3.34. The molecule has 0 aliphatic carbocycles. The quantitative estimate of drug-likeness (QED) is 0.621. The summed E-state index contributed by atoms with van der Waals surface area (Å²) in [6.07, 6.45) is 5.89. The van der Waals surface area contributed by atoms with Crippen LogP contribution in [0.3, 0.4) is 0 Å². The third-order valence-corrected chi connectivity index (χ3v) is 7.49. The minimum atomic E-state index is -3.05. The van der Waals surface area contributed by atoms with Crippen LogP contribution >= 0.6 is 11.8 Å². The number of nitrogens with zero attached hydrogens (tertiary/aromatic N) is 3. The maximum absolute atomic E-state index is 13.0. The zero-order valence-electron chi connectivity index (χ0n) is 15.6. The number of unbranched alkanes of at least 4 members (excludes halogenated alkanes) is 1. The Labute approximate surface area is 164 Å². The number of aromatic nitrogens is 2. The predicted octanol–water partition coefficient (Wildman–Crippen LogP) is 2.73. The molecule has 3 rings (SSSR count). The van der Waals surface area contributed by atoms with E-state index in [-0.39, 0.29) is 29.2 Å². The Kier molecular flexibility index (Phi) is 6.31. The normalized spacial score (nSPS) is 18.7. The zero-order valence-corrected chi connectivity index (χ0v) is 17.3. The van der Waals surface area contributed by atoms with Gasteiger partial charge in [0.1, 0.15) is 5.76 Å². The number of hydrogen-bond donors (Lipinski definition) is 0. The van der Waals surface area contributed by atoms with Crippen LogP contribution in [0.4, 0.5) is 0 Å². The van der Waals surface area contributed by atoms with Crippen molar-refractivity contribution in [3.8, 4) is 0 Å². The molecule has 0 saturated carbocycles. The van der Waals surface area contributed by atoms with Crippen molar-refractivity contribution in [2.24, 2.45) is 7.05 Å². The minimum absolute atomic E-state index is 0.0467. The Balaban J connectivity index is 1.68. The molecular weight excluding hydrogens is 386 g/mol. The lowest BCUT2D eigenvalue weighted by molar-refractivity contribution is 0.0660. The Hall–Kier alpha value is -1.74. The summed E-state index contributed by atoms with van der Waals surface area (Å²) in [7, 11) is -1.13. The maximum atomic E-state index is 13.0. The van der Waals surface area contributed by atoms with Crippen LogP contribution in [-0.2, 0) is 22.6 Å². The van der Waals surface area contributed by atoms with Crippen molar-refractivity contribution in [1.82, 2.24) is 14.5 Å². The second-order valence-corrected chi connectivity index (χ2v) is 9.96. The highest BCUT2D eigenvalue weighted by atomic mass is 32.2. The van der Waals surface area contributed by atoms with Gasteiger partial charge in [0.05, 0.1) is 17.3 Å². The molecule has 1 aliphatic heterocycles. The van der Waals surface area contributed by atoms with Gasteiger partial charge < -0.3 is 13.9 Å². The molecule has 3 heterocycles. The number of aryl methyl sites for hydroxylation is 1. The van der Waals surface area contributed by atoms with Crippen molar-refractivity contribution in [2.45, 2.75) is 43.1 Å². The van der Waals surface area contributed by atoms with E-state index in [1.54, 1.807) is 23.2 Å². The van der Waals surface area contributed by atoms with Crippen molar-refractivity contribution in [3.63, 3.8) is 0 Å². The van der Waals surface area contributed by atoms with Gasteiger partial charge in [-0.25, -0.2) is 13.4 Å². The van der Waals surface area contributed by atoms with Gasteiger partial charge in [0, 0.05) is 32.0 Å². The van der Waals surface area contributed by atoms with Crippen LogP contribution in [-0.4, -0.2) is 52.9 Å². The lowest BCUT2D eigenvalue weighted by atomic mass is 10.2. The first-order valence-electron chi connectivity index (χ1n) is 9.10. The van der Waals surface area contributed by atoms with Gasteiger partial charge in [0.2, 0.25) is 0 Å². The van der Waals surface area contributed by atoms with E-state index >= 15 is 0 Å². The van der Waals surface area contributed by atoms with E-state index < -0.39 is 9.84 Å². The van der Waals surface area contributed by atoms with E-state index in [2.05, 4.69) is 4.98 Å². The average molecular weight is 412 g/mol. The number of sulfone groups is 1. The van der Waals surface area contributed by atoms with Gasteiger partial charge in [-0.05, 0) is 25.0 Å². The van der Waals surface area contributed by atoms with Crippen molar-refractivity contribution in [3.05, 3.63) is 36.0 Å². The number of amides is 1. The molecule has 7 nitrogen and oxygen atoms in total. The van der Waals surface area contributed by atoms with Crippen LogP contribution in [0, 0.1) is 0 Å². The highest BCUT2D eigenvalue weighted by Crippen LogP contribution is 2.24. The Morgan fingerprint density at radius 2 is 2.26 bits per heavy atom. The van der Waals surface area contributed by atoms with Crippen molar-refractivity contribution >= 4 is 27.5 Å². The standard InChI is InChI=1S/C18H25N3O4S2/c1-3-4-9-21(14-7-11-27(23,24)13-14)17(22)16-6-5-15(25-16)12-26-18-19-8-10-20(18)2/h5-6,8,10,14H,3-4,7,9,11-13H2,1-2H3. The summed E-state index contributed by atoms with van der Waals surface area (Å²) in [5, 5.41) is 0.875. The van der Waals surface area contributed by atoms with Gasteiger partial charge in [-0.1, -0.05) is 25.1 Å². The minimum Gasteiger partial charge on any atom is -0.455 e. The van der Waals surface area contributed by atoms with Crippen LogP contribution in [0.1, 0.15) is 42.5 Å². The predicted molar refractivity (Wildman–Crippen MR) is 104 cm³/mol. The molecule has 9 heteroatoms. The fourth-order valence-corrected chi connectivity index (χ4v) is 5.70. The number of furan rings is 1. The summed E-state index contributed by atoms with van der Waals surface area (Å²) in [4.78, 5) is 18.9. The van der Waals surface area contributed by atoms with Crippen molar-refractivity contribution in [2.75, 3.05) is 18.1 Å². The van der Waals surface area contributed by atoms with E-state index in [9.17, 15) is 13.2 Å². The van der Waals surface area contributed by atoms with Gasteiger partial charge in [-0.15, -0.1) is 0 Å². The second kappa shape index (κ2) is 8.52. The molecule has 2 aromatic rings. The molecule has 1 atom stereocenters. The van der Waals surface area contributed by atoms with Crippen LogP contribution in [0.2, 0.25) is 0 Å². The second-order valence-electron chi connectivity index (χ2n) is 6.78. The molecule has 1 amide bonds. The maximum Gasteiger partial charge on any atom is 0.289 e. The summed E-state index contributed by atoms with van der Waals surface area (Å²) in [6, 6.07) is 3.22. The Morgan fingerprint density at radius 1 is 1.44 bits per heavy atom. The monoisotopic (exact) mass is 411 g/mol. The molecule has 0 bridgehead atoms. The number of carbonyl (C=O) groups is 1. The molecular formula is C18H25N3O4S2. The van der Waals surface area contributed by atoms with Crippen molar-refractivity contribution < 1.29 is 17.6 Å². The van der Waals surface area contributed by atoms with Crippen LogP contribution in [0.15, 0.2) is 34.1 Å². The topological polar surface area (TPSA) is 85.4 Å². The molecule has 0 aromatic carbocycles. The van der Waals surface area contributed by atoms with Crippen molar-refractivity contribution in [1.29, 1.82) is 0 Å². The number of rotatable bonds is 8. The fraction of sp³-hybridized carbons (Fsp3) is 0.556. The van der Waals surface area contributed by atoms with E-state index in [1.807, 2.05) is 24.7 Å². The largest absolute Gasteiger partial charge is 0.455 e. The van der Waals surface area contributed by atoms with Gasteiger partial charge in [0.15, 0.2) is 20.8 Å². The highest BCUT2D eigenvalue weighted by Gasteiger charge is 2.35. The first-order valence-corrected chi connectivity index (χ1v) is 11.9. The molecule has 1 saturated heterocycles. The number of hydrogen-bond acceptors (Lipinski definition) is 6. The van der Waals surface area contributed by atoms with E-state index in [1.165, 1.54) is 11.8 Å². The van der Waals surface area contributed by atoms with E-state index in [0.29, 0.717) is 24.5 Å². The van der Waals surface area contributed by atoms with Crippen LogP contribution < -0.4 is 0 Å². The Bertz CT molecular complexity index is 888.